The largest absolute Gasteiger partial charge is 0.417 e. The Kier molecular flexibility index (Phi) is 7.10. The van der Waals surface area contributed by atoms with Gasteiger partial charge in [-0.2, -0.15) is 13.2 Å². The van der Waals surface area contributed by atoms with Crippen LogP contribution in [0.1, 0.15) is 23.6 Å². The smallest absolute Gasteiger partial charge is 0.339 e. The van der Waals surface area contributed by atoms with E-state index in [9.17, 15) is 22.8 Å². The molecule has 3 rings (SSSR count). The van der Waals surface area contributed by atoms with Gasteiger partial charge in [0, 0.05) is 49.0 Å². The lowest BCUT2D eigenvalue weighted by Gasteiger charge is -2.33. The number of amides is 2. The van der Waals surface area contributed by atoms with Crippen molar-refractivity contribution < 1.29 is 22.8 Å². The van der Waals surface area contributed by atoms with E-state index in [2.05, 4.69) is 0 Å². The van der Waals surface area contributed by atoms with E-state index in [1.807, 2.05) is 19.1 Å². The summed E-state index contributed by atoms with van der Waals surface area (Å²) >= 11 is 1.07. The Balaban J connectivity index is 1.76. The molecular formula is C23H23F3N2O2S. The molecule has 2 aromatic carbocycles. The SMILES string of the molecule is CC(=O)N1CCN(C(=O)/C=C/c2ccc(Sc3ccccc3C)c(C(F)(F)F)c2)CC1. The van der Waals surface area contributed by atoms with Crippen LogP contribution in [0.5, 0.6) is 0 Å². The third kappa shape index (κ3) is 5.91. The molecule has 1 aliphatic heterocycles. The number of aryl methyl sites for hydroxylation is 1. The van der Waals surface area contributed by atoms with Crippen molar-refractivity contribution in [1.82, 2.24) is 9.80 Å². The molecule has 0 N–H and O–H groups in total. The highest BCUT2D eigenvalue weighted by Crippen LogP contribution is 2.41. The molecule has 1 saturated heterocycles. The number of carbonyl (C=O) groups is 2. The maximum absolute atomic E-state index is 13.7. The fourth-order valence-corrected chi connectivity index (χ4v) is 4.30. The predicted molar refractivity (Wildman–Crippen MR) is 115 cm³/mol. The van der Waals surface area contributed by atoms with Gasteiger partial charge >= 0.3 is 6.18 Å². The Morgan fingerprint density at radius 2 is 1.61 bits per heavy atom. The Bertz CT molecular complexity index is 997. The van der Waals surface area contributed by atoms with Gasteiger partial charge in [-0.25, -0.2) is 0 Å². The maximum atomic E-state index is 13.7. The number of halogens is 3. The quantitative estimate of drug-likeness (QED) is 0.627. The fraction of sp³-hybridized carbons (Fsp3) is 0.304. The topological polar surface area (TPSA) is 40.6 Å². The molecule has 1 fully saturated rings. The first-order valence-corrected chi connectivity index (χ1v) is 10.6. The Morgan fingerprint density at radius 3 is 2.23 bits per heavy atom. The Hall–Kier alpha value is -2.74. The van der Waals surface area contributed by atoms with E-state index in [1.54, 1.807) is 28.0 Å². The Morgan fingerprint density at radius 1 is 0.968 bits per heavy atom. The third-order valence-corrected chi connectivity index (χ3v) is 6.33. The highest BCUT2D eigenvalue weighted by molar-refractivity contribution is 7.99. The summed E-state index contributed by atoms with van der Waals surface area (Å²) in [6, 6.07) is 11.4. The first kappa shape index (κ1) is 22.9. The fourth-order valence-electron chi connectivity index (χ4n) is 3.27. The molecule has 1 heterocycles. The zero-order valence-corrected chi connectivity index (χ0v) is 18.1. The molecule has 0 radical (unpaired) electrons. The first-order chi connectivity index (χ1) is 14.6. The van der Waals surface area contributed by atoms with Gasteiger partial charge in [0.1, 0.15) is 0 Å². The van der Waals surface area contributed by atoms with Crippen molar-refractivity contribution in [2.45, 2.75) is 29.8 Å². The highest BCUT2D eigenvalue weighted by atomic mass is 32.2. The number of alkyl halides is 3. The van der Waals surface area contributed by atoms with Crippen LogP contribution in [0.3, 0.4) is 0 Å². The van der Waals surface area contributed by atoms with E-state index in [1.165, 1.54) is 25.1 Å². The van der Waals surface area contributed by atoms with E-state index in [-0.39, 0.29) is 16.7 Å². The van der Waals surface area contributed by atoms with Crippen molar-refractivity contribution in [1.29, 1.82) is 0 Å². The zero-order valence-electron chi connectivity index (χ0n) is 17.3. The summed E-state index contributed by atoms with van der Waals surface area (Å²) in [6.45, 7) is 5.06. The molecule has 2 amide bonds. The van der Waals surface area contributed by atoms with E-state index in [4.69, 9.17) is 0 Å². The highest BCUT2D eigenvalue weighted by Gasteiger charge is 2.34. The van der Waals surface area contributed by atoms with Crippen LogP contribution < -0.4 is 0 Å². The lowest BCUT2D eigenvalue weighted by molar-refractivity contribution is -0.139. The van der Waals surface area contributed by atoms with Crippen LogP contribution in [0.4, 0.5) is 13.2 Å². The van der Waals surface area contributed by atoms with E-state index >= 15 is 0 Å². The number of benzene rings is 2. The van der Waals surface area contributed by atoms with Crippen molar-refractivity contribution in [2.75, 3.05) is 26.2 Å². The van der Waals surface area contributed by atoms with Crippen LogP contribution in [0.25, 0.3) is 6.08 Å². The molecule has 164 valence electrons. The Labute approximate surface area is 183 Å². The van der Waals surface area contributed by atoms with E-state index in [0.717, 1.165) is 28.3 Å². The minimum atomic E-state index is -4.51. The summed E-state index contributed by atoms with van der Waals surface area (Å²) in [7, 11) is 0. The summed E-state index contributed by atoms with van der Waals surface area (Å²) in [5.41, 5.74) is 0.475. The molecular weight excluding hydrogens is 425 g/mol. The number of hydrogen-bond acceptors (Lipinski definition) is 3. The van der Waals surface area contributed by atoms with Gasteiger partial charge in [0.05, 0.1) is 5.56 Å². The molecule has 0 aliphatic carbocycles. The van der Waals surface area contributed by atoms with Gasteiger partial charge < -0.3 is 9.80 Å². The van der Waals surface area contributed by atoms with Crippen LogP contribution in [-0.2, 0) is 15.8 Å². The minimum absolute atomic E-state index is 0.0361. The lowest BCUT2D eigenvalue weighted by atomic mass is 10.1. The van der Waals surface area contributed by atoms with Crippen molar-refractivity contribution in [3.05, 3.63) is 65.2 Å². The van der Waals surface area contributed by atoms with Gasteiger partial charge in [-0.15, -0.1) is 0 Å². The third-order valence-electron chi connectivity index (χ3n) is 5.08. The predicted octanol–water partition coefficient (Wildman–Crippen LogP) is 4.87. The van der Waals surface area contributed by atoms with Crippen LogP contribution in [-0.4, -0.2) is 47.8 Å². The van der Waals surface area contributed by atoms with E-state index in [0.29, 0.717) is 31.7 Å². The minimum Gasteiger partial charge on any atom is -0.339 e. The van der Waals surface area contributed by atoms with Crippen molar-refractivity contribution in [3.63, 3.8) is 0 Å². The van der Waals surface area contributed by atoms with Crippen LogP contribution in [0, 0.1) is 6.92 Å². The molecule has 8 heteroatoms. The summed E-state index contributed by atoms with van der Waals surface area (Å²) in [6.07, 6.45) is -1.83. The number of nitrogens with zero attached hydrogens (tertiary/aromatic N) is 2. The van der Waals surface area contributed by atoms with Crippen molar-refractivity contribution >= 4 is 29.7 Å². The van der Waals surface area contributed by atoms with Crippen LogP contribution >= 0.6 is 11.8 Å². The molecule has 0 saturated carbocycles. The monoisotopic (exact) mass is 448 g/mol. The summed E-state index contributed by atoms with van der Waals surface area (Å²) in [5, 5.41) is 0. The van der Waals surface area contributed by atoms with Gasteiger partial charge in [-0.3, -0.25) is 9.59 Å². The van der Waals surface area contributed by atoms with Crippen molar-refractivity contribution in [2.24, 2.45) is 0 Å². The van der Waals surface area contributed by atoms with Gasteiger partial charge in [0.2, 0.25) is 11.8 Å². The maximum Gasteiger partial charge on any atom is 0.417 e. The summed E-state index contributed by atoms with van der Waals surface area (Å²) < 4.78 is 41.0. The van der Waals surface area contributed by atoms with Gasteiger partial charge in [0.25, 0.3) is 0 Å². The molecule has 31 heavy (non-hydrogen) atoms. The first-order valence-electron chi connectivity index (χ1n) is 9.82. The lowest BCUT2D eigenvalue weighted by Crippen LogP contribution is -2.49. The van der Waals surface area contributed by atoms with Crippen molar-refractivity contribution in [3.8, 4) is 0 Å². The number of piperazine rings is 1. The second kappa shape index (κ2) is 9.60. The zero-order chi connectivity index (χ0) is 22.6. The van der Waals surface area contributed by atoms with Crippen LogP contribution in [0.2, 0.25) is 0 Å². The molecule has 1 aliphatic rings. The molecule has 0 spiro atoms. The average molecular weight is 449 g/mol. The number of hydrogen-bond donors (Lipinski definition) is 0. The van der Waals surface area contributed by atoms with Gasteiger partial charge in [-0.1, -0.05) is 36.0 Å². The van der Waals surface area contributed by atoms with Gasteiger partial charge in [-0.05, 0) is 42.3 Å². The second-order valence-corrected chi connectivity index (χ2v) is 8.37. The molecule has 0 bridgehead atoms. The number of carbonyl (C=O) groups excluding carboxylic acids is 2. The average Bonchev–Trinajstić information content (AvgIpc) is 2.73. The molecule has 2 aromatic rings. The molecule has 0 unspecified atom stereocenters. The normalized spacial score (nSPS) is 14.9. The van der Waals surface area contributed by atoms with Gasteiger partial charge in [0.15, 0.2) is 0 Å². The molecule has 0 aromatic heterocycles. The van der Waals surface area contributed by atoms with E-state index < -0.39 is 11.7 Å². The second-order valence-electron chi connectivity index (χ2n) is 7.29. The number of rotatable bonds is 4. The molecule has 0 atom stereocenters. The molecule has 4 nitrogen and oxygen atoms in total. The summed E-state index contributed by atoms with van der Waals surface area (Å²) in [5.74, 6) is -0.318. The summed E-state index contributed by atoms with van der Waals surface area (Å²) in [4.78, 5) is 27.9. The van der Waals surface area contributed by atoms with Crippen LogP contribution in [0.15, 0.2) is 58.3 Å². The standard InChI is InChI=1S/C23H23F3N2O2S/c1-16-5-3-4-6-20(16)31-21-9-7-18(15-19(21)23(24,25)26)8-10-22(30)28-13-11-27(12-14-28)17(2)29/h3-10,15H,11-14H2,1-2H3/b10-8+.